The Balaban J connectivity index is 1.53. The Hall–Kier alpha value is -2.67. The van der Waals surface area contributed by atoms with Crippen molar-refractivity contribution in [2.75, 3.05) is 20.2 Å². The summed E-state index contributed by atoms with van der Waals surface area (Å²) in [6, 6.07) is 12.4. The molecular weight excluding hydrogens is 393 g/mol. The second kappa shape index (κ2) is 8.22. The van der Waals surface area contributed by atoms with Crippen LogP contribution in [0, 0.1) is 0 Å². The number of ether oxygens (including phenoxy) is 1. The van der Waals surface area contributed by atoms with Gasteiger partial charge in [-0.05, 0) is 48.2 Å². The van der Waals surface area contributed by atoms with Gasteiger partial charge in [0.15, 0.2) is 0 Å². The zero-order chi connectivity index (χ0) is 21.3. The molecule has 2 aliphatic rings. The van der Waals surface area contributed by atoms with Gasteiger partial charge in [-0.2, -0.15) is 13.2 Å². The Labute approximate surface area is 174 Å². The first-order valence-corrected chi connectivity index (χ1v) is 10.1. The highest BCUT2D eigenvalue weighted by atomic mass is 19.4. The Morgan fingerprint density at radius 2 is 1.83 bits per heavy atom. The highest BCUT2D eigenvalue weighted by Crippen LogP contribution is 2.33. The molecule has 30 heavy (non-hydrogen) atoms. The Morgan fingerprint density at radius 1 is 1.13 bits per heavy atom. The molecule has 1 saturated heterocycles. The second-order valence-electron chi connectivity index (χ2n) is 7.82. The van der Waals surface area contributed by atoms with E-state index < -0.39 is 17.8 Å². The van der Waals surface area contributed by atoms with E-state index in [2.05, 4.69) is 10.2 Å². The summed E-state index contributed by atoms with van der Waals surface area (Å²) in [5, 5.41) is 14.4. The third-order valence-corrected chi connectivity index (χ3v) is 5.85. The van der Waals surface area contributed by atoms with Crippen LogP contribution >= 0.6 is 0 Å². The van der Waals surface area contributed by atoms with Gasteiger partial charge in [0.25, 0.3) is 0 Å². The molecule has 2 atom stereocenters. The van der Waals surface area contributed by atoms with Gasteiger partial charge in [-0.3, -0.25) is 0 Å². The average Bonchev–Trinajstić information content (AvgIpc) is 3.22. The lowest BCUT2D eigenvalue weighted by Crippen LogP contribution is -2.48. The number of fused-ring (bicyclic) bond motifs is 1. The monoisotopic (exact) mass is 418 g/mol. The van der Waals surface area contributed by atoms with E-state index in [1.54, 1.807) is 7.11 Å². The van der Waals surface area contributed by atoms with Crippen LogP contribution in [0.2, 0.25) is 0 Å². The lowest BCUT2D eigenvalue weighted by atomic mass is 9.97. The third kappa shape index (κ3) is 4.26. The molecule has 0 aliphatic carbocycles. The van der Waals surface area contributed by atoms with Crippen molar-refractivity contribution in [3.63, 3.8) is 0 Å². The predicted octanol–water partition coefficient (Wildman–Crippen LogP) is 4.27. The lowest BCUT2D eigenvalue weighted by molar-refractivity contribution is -0.137. The van der Waals surface area contributed by atoms with Gasteiger partial charge in [0, 0.05) is 30.9 Å². The molecule has 4 rings (SSSR count). The molecule has 160 valence electrons. The summed E-state index contributed by atoms with van der Waals surface area (Å²) in [6.07, 6.45) is -2.55. The minimum Gasteiger partial charge on any atom is -0.497 e. The molecule has 0 radical (unpaired) electrons. The molecule has 0 saturated carbocycles. The fourth-order valence-electron chi connectivity index (χ4n) is 4.24. The quantitative estimate of drug-likeness (QED) is 0.761. The first-order chi connectivity index (χ1) is 14.3. The molecule has 2 aliphatic heterocycles. The minimum atomic E-state index is -4.33. The van der Waals surface area contributed by atoms with Gasteiger partial charge in [-0.15, -0.1) is 0 Å². The van der Waals surface area contributed by atoms with Crippen molar-refractivity contribution in [1.82, 2.24) is 10.2 Å². The van der Waals surface area contributed by atoms with Gasteiger partial charge in [0.05, 0.1) is 18.7 Å². The number of hydrogen-bond donors (Lipinski definition) is 2. The summed E-state index contributed by atoms with van der Waals surface area (Å²) in [7, 11) is 1.60. The maximum Gasteiger partial charge on any atom is 0.416 e. The predicted molar refractivity (Wildman–Crippen MR) is 108 cm³/mol. The molecule has 0 spiro atoms. The second-order valence-corrected chi connectivity index (χ2v) is 7.82. The largest absolute Gasteiger partial charge is 0.497 e. The van der Waals surface area contributed by atoms with Crippen molar-refractivity contribution in [3.8, 4) is 5.75 Å². The van der Waals surface area contributed by atoms with Crippen molar-refractivity contribution in [1.29, 1.82) is 0 Å². The summed E-state index contributed by atoms with van der Waals surface area (Å²) in [5.74, 6) is 0.729. The van der Waals surface area contributed by atoms with Crippen molar-refractivity contribution in [2.45, 2.75) is 37.6 Å². The molecule has 2 aromatic rings. The number of benzene rings is 2. The SMILES string of the molecule is COc1ccc([C@@H](O)[C@H]2CN3CCCC3=C(Cc3ccc(C(F)(F)F)cc3)N2)cc1. The summed E-state index contributed by atoms with van der Waals surface area (Å²) in [5.41, 5.74) is 3.15. The van der Waals surface area contributed by atoms with Crippen LogP contribution in [0.15, 0.2) is 59.9 Å². The highest BCUT2D eigenvalue weighted by molar-refractivity contribution is 5.33. The zero-order valence-corrected chi connectivity index (χ0v) is 16.7. The molecule has 0 bridgehead atoms. The van der Waals surface area contributed by atoms with Crippen molar-refractivity contribution in [2.24, 2.45) is 0 Å². The Bertz CT molecular complexity index is 908. The van der Waals surface area contributed by atoms with Crippen molar-refractivity contribution in [3.05, 3.63) is 76.6 Å². The molecule has 4 nitrogen and oxygen atoms in total. The van der Waals surface area contributed by atoms with Gasteiger partial charge in [0.1, 0.15) is 11.9 Å². The van der Waals surface area contributed by atoms with Crippen LogP contribution in [0.25, 0.3) is 0 Å². The maximum absolute atomic E-state index is 12.8. The number of nitrogens with zero attached hydrogens (tertiary/aromatic N) is 1. The van der Waals surface area contributed by atoms with Gasteiger partial charge in [-0.1, -0.05) is 24.3 Å². The number of aliphatic hydroxyl groups is 1. The summed E-state index contributed by atoms with van der Waals surface area (Å²) in [6.45, 7) is 1.62. The summed E-state index contributed by atoms with van der Waals surface area (Å²) in [4.78, 5) is 2.29. The standard InChI is InChI=1S/C23H25F3N2O2/c1-30-18-10-6-16(7-11-18)22(29)20-14-28-12-2-3-21(28)19(27-20)13-15-4-8-17(9-5-15)23(24,25)26/h4-11,20,22,27,29H,2-3,12-14H2,1H3/t20-,22-/m1/s1. The smallest absolute Gasteiger partial charge is 0.416 e. The molecule has 1 fully saturated rings. The molecule has 0 aromatic heterocycles. The Morgan fingerprint density at radius 3 is 2.47 bits per heavy atom. The highest BCUT2D eigenvalue weighted by Gasteiger charge is 2.34. The number of allylic oxidation sites excluding steroid dienone is 2. The molecule has 0 amide bonds. The fraction of sp³-hybridized carbons (Fsp3) is 0.391. The first-order valence-electron chi connectivity index (χ1n) is 10.1. The van der Waals surface area contributed by atoms with Crippen LogP contribution in [0.5, 0.6) is 5.75 Å². The van der Waals surface area contributed by atoms with Gasteiger partial charge >= 0.3 is 6.18 Å². The lowest BCUT2D eigenvalue weighted by Gasteiger charge is -2.38. The van der Waals surface area contributed by atoms with Crippen LogP contribution in [0.3, 0.4) is 0 Å². The number of alkyl halides is 3. The van der Waals surface area contributed by atoms with Crippen LogP contribution in [0.4, 0.5) is 13.2 Å². The number of methoxy groups -OCH3 is 1. The number of aliphatic hydroxyl groups excluding tert-OH is 1. The third-order valence-electron chi connectivity index (χ3n) is 5.85. The summed E-state index contributed by atoms with van der Waals surface area (Å²) < 4.78 is 43.7. The Kier molecular flexibility index (Phi) is 5.64. The fourth-order valence-corrected chi connectivity index (χ4v) is 4.24. The van der Waals surface area contributed by atoms with E-state index in [4.69, 9.17) is 4.74 Å². The van der Waals surface area contributed by atoms with Crippen LogP contribution in [-0.4, -0.2) is 36.2 Å². The van der Waals surface area contributed by atoms with E-state index in [1.807, 2.05) is 24.3 Å². The molecule has 2 N–H and O–H groups in total. The van der Waals surface area contributed by atoms with Crippen LogP contribution in [0.1, 0.15) is 35.6 Å². The minimum absolute atomic E-state index is 0.204. The number of hydrogen-bond acceptors (Lipinski definition) is 4. The number of rotatable bonds is 5. The van der Waals surface area contributed by atoms with Gasteiger partial charge < -0.3 is 20.1 Å². The zero-order valence-electron chi connectivity index (χ0n) is 16.7. The number of halogens is 3. The first kappa shape index (κ1) is 20.6. The van der Waals surface area contributed by atoms with Gasteiger partial charge in [-0.25, -0.2) is 0 Å². The van der Waals surface area contributed by atoms with Crippen LogP contribution < -0.4 is 10.1 Å². The normalized spacial score (nSPS) is 20.0. The molecule has 2 aromatic carbocycles. The van der Waals surface area contributed by atoms with Gasteiger partial charge in [0.2, 0.25) is 0 Å². The van der Waals surface area contributed by atoms with E-state index in [0.717, 1.165) is 54.1 Å². The van der Waals surface area contributed by atoms with Crippen LogP contribution in [-0.2, 0) is 12.6 Å². The molecule has 2 heterocycles. The van der Waals surface area contributed by atoms with Crippen molar-refractivity contribution >= 4 is 0 Å². The maximum atomic E-state index is 12.8. The number of nitrogens with one attached hydrogen (secondary N) is 1. The molecular formula is C23H25F3N2O2. The van der Waals surface area contributed by atoms with E-state index in [-0.39, 0.29) is 6.04 Å². The molecule has 7 heteroatoms. The summed E-state index contributed by atoms with van der Waals surface area (Å²) >= 11 is 0. The average molecular weight is 418 g/mol. The van der Waals surface area contributed by atoms with E-state index in [1.165, 1.54) is 17.8 Å². The van der Waals surface area contributed by atoms with E-state index in [0.29, 0.717) is 13.0 Å². The topological polar surface area (TPSA) is 44.7 Å². The molecule has 0 unspecified atom stereocenters. The van der Waals surface area contributed by atoms with Crippen molar-refractivity contribution < 1.29 is 23.0 Å². The van der Waals surface area contributed by atoms with E-state index >= 15 is 0 Å². The van der Waals surface area contributed by atoms with E-state index in [9.17, 15) is 18.3 Å².